The second-order valence-corrected chi connectivity index (χ2v) is 14.2. The molecule has 168 valence electrons. The molecule has 2 aromatic rings. The lowest BCUT2D eigenvalue weighted by molar-refractivity contribution is -0.175. The highest BCUT2D eigenvalue weighted by Gasteiger charge is 2.53. The van der Waals surface area contributed by atoms with Gasteiger partial charge in [0, 0.05) is 0 Å². The highest BCUT2D eigenvalue weighted by Crippen LogP contribution is 2.39. The smallest absolute Gasteiger partial charge is 0.261 e. The Bertz CT molecular complexity index is 820. The molecule has 1 heterocycles. The molecule has 1 saturated heterocycles. The number of hydrogen-bond donors (Lipinski definition) is 1. The number of benzene rings is 2. The number of ether oxygens (including phenoxy) is 2. The Morgan fingerprint density at radius 2 is 1.58 bits per heavy atom. The van der Waals surface area contributed by atoms with Gasteiger partial charge in [0.25, 0.3) is 8.32 Å². The van der Waals surface area contributed by atoms with Gasteiger partial charge in [-0.3, -0.25) is 0 Å². The average Bonchev–Trinajstić information content (AvgIpc) is 3.10. The Balaban J connectivity index is 2.05. The van der Waals surface area contributed by atoms with Gasteiger partial charge in [0.1, 0.15) is 11.7 Å². The van der Waals surface area contributed by atoms with Crippen molar-refractivity contribution in [1.82, 2.24) is 0 Å². The molecule has 0 aromatic heterocycles. The summed E-state index contributed by atoms with van der Waals surface area (Å²) in [6.45, 7) is 14.7. The van der Waals surface area contributed by atoms with E-state index in [0.29, 0.717) is 13.0 Å². The van der Waals surface area contributed by atoms with Crippen molar-refractivity contribution in [3.8, 4) is 0 Å². The third-order valence-corrected chi connectivity index (χ3v) is 11.0. The summed E-state index contributed by atoms with van der Waals surface area (Å²) in [6, 6.07) is 20.9. The minimum absolute atomic E-state index is 0.135. The van der Waals surface area contributed by atoms with E-state index in [2.05, 4.69) is 75.9 Å². The Morgan fingerprint density at radius 3 is 1.97 bits per heavy atom. The summed E-state index contributed by atoms with van der Waals surface area (Å²) in [6.07, 6.45) is 1.59. The standard InChI is InChI=1S/C26H36O4Si/c1-7-18-26(27,23-19-28-25(5,6)30-23)20-29-31(24(2,3)4,21-14-10-8-11-15-21)22-16-12-9-13-17-22/h7-17,23,27H,1,18-20H2,2-6H3/t23-,26-/m0/s1. The van der Waals surface area contributed by atoms with Crippen molar-refractivity contribution in [3.63, 3.8) is 0 Å². The largest absolute Gasteiger partial charge is 0.404 e. The average molecular weight is 441 g/mol. The summed E-state index contributed by atoms with van der Waals surface area (Å²) in [7, 11) is -2.77. The van der Waals surface area contributed by atoms with Crippen molar-refractivity contribution in [2.24, 2.45) is 0 Å². The first kappa shape index (κ1) is 23.9. The van der Waals surface area contributed by atoms with E-state index in [-0.39, 0.29) is 11.6 Å². The molecule has 0 radical (unpaired) electrons. The molecule has 1 aliphatic heterocycles. The zero-order valence-corrected chi connectivity index (χ0v) is 20.4. The lowest BCUT2D eigenvalue weighted by atomic mass is 9.94. The quantitative estimate of drug-likeness (QED) is 0.497. The molecule has 0 spiro atoms. The fourth-order valence-corrected chi connectivity index (χ4v) is 9.10. The summed E-state index contributed by atoms with van der Waals surface area (Å²) < 4.78 is 18.8. The van der Waals surface area contributed by atoms with E-state index < -0.39 is 25.8 Å². The van der Waals surface area contributed by atoms with Crippen LogP contribution in [0.1, 0.15) is 41.0 Å². The van der Waals surface area contributed by atoms with Crippen LogP contribution in [0.4, 0.5) is 0 Å². The van der Waals surface area contributed by atoms with E-state index in [1.807, 2.05) is 26.0 Å². The van der Waals surface area contributed by atoms with Crippen molar-refractivity contribution in [3.05, 3.63) is 73.3 Å². The van der Waals surface area contributed by atoms with Gasteiger partial charge in [0.05, 0.1) is 13.2 Å². The molecule has 0 amide bonds. The van der Waals surface area contributed by atoms with Gasteiger partial charge in [-0.15, -0.1) is 6.58 Å². The minimum atomic E-state index is -2.77. The van der Waals surface area contributed by atoms with E-state index in [9.17, 15) is 5.11 Å². The summed E-state index contributed by atoms with van der Waals surface area (Å²) in [5.74, 6) is -0.725. The molecule has 3 rings (SSSR count). The van der Waals surface area contributed by atoms with Gasteiger partial charge in [0.15, 0.2) is 5.79 Å². The summed E-state index contributed by atoms with van der Waals surface area (Å²) >= 11 is 0. The summed E-state index contributed by atoms with van der Waals surface area (Å²) in [4.78, 5) is 0. The van der Waals surface area contributed by atoms with Gasteiger partial charge in [-0.1, -0.05) is 87.5 Å². The molecule has 2 aromatic carbocycles. The van der Waals surface area contributed by atoms with E-state index >= 15 is 0 Å². The molecule has 5 heteroatoms. The molecular formula is C26H36O4Si. The predicted octanol–water partition coefficient (Wildman–Crippen LogP) is 4.02. The minimum Gasteiger partial charge on any atom is -0.404 e. The zero-order valence-electron chi connectivity index (χ0n) is 19.4. The Labute approximate surface area is 188 Å². The Morgan fingerprint density at radius 1 is 1.06 bits per heavy atom. The van der Waals surface area contributed by atoms with Crippen molar-refractivity contribution in [1.29, 1.82) is 0 Å². The highest BCUT2D eigenvalue weighted by molar-refractivity contribution is 6.99. The molecule has 0 saturated carbocycles. The predicted molar refractivity (Wildman–Crippen MR) is 128 cm³/mol. The molecule has 0 aliphatic carbocycles. The monoisotopic (exact) mass is 440 g/mol. The maximum atomic E-state index is 11.7. The molecule has 4 nitrogen and oxygen atoms in total. The second kappa shape index (κ2) is 9.00. The molecule has 31 heavy (non-hydrogen) atoms. The van der Waals surface area contributed by atoms with Crippen LogP contribution in [0.3, 0.4) is 0 Å². The van der Waals surface area contributed by atoms with Crippen molar-refractivity contribution >= 4 is 18.7 Å². The molecular weight excluding hydrogens is 404 g/mol. The number of aliphatic hydroxyl groups is 1. The maximum absolute atomic E-state index is 11.7. The molecule has 0 unspecified atom stereocenters. The van der Waals surface area contributed by atoms with Gasteiger partial charge >= 0.3 is 0 Å². The van der Waals surface area contributed by atoms with Gasteiger partial charge in [0.2, 0.25) is 0 Å². The van der Waals surface area contributed by atoms with Gasteiger partial charge in [-0.05, 0) is 35.7 Å². The van der Waals surface area contributed by atoms with E-state index in [1.54, 1.807) is 6.08 Å². The maximum Gasteiger partial charge on any atom is 0.261 e. The number of rotatable bonds is 8. The first-order chi connectivity index (χ1) is 14.5. The van der Waals surface area contributed by atoms with Gasteiger partial charge in [-0.2, -0.15) is 0 Å². The van der Waals surface area contributed by atoms with Crippen LogP contribution in [0, 0.1) is 0 Å². The van der Waals surface area contributed by atoms with Crippen LogP contribution < -0.4 is 10.4 Å². The van der Waals surface area contributed by atoms with Crippen molar-refractivity contribution < 1.29 is 19.0 Å². The van der Waals surface area contributed by atoms with Crippen LogP contribution in [-0.2, 0) is 13.9 Å². The fourth-order valence-electron chi connectivity index (χ4n) is 4.48. The third-order valence-electron chi connectivity index (χ3n) is 6.06. The zero-order chi connectivity index (χ0) is 22.8. The van der Waals surface area contributed by atoms with Crippen molar-refractivity contribution in [2.45, 2.75) is 63.6 Å². The molecule has 1 N–H and O–H groups in total. The highest BCUT2D eigenvalue weighted by atomic mass is 28.4. The van der Waals surface area contributed by atoms with E-state index in [4.69, 9.17) is 13.9 Å². The summed E-state index contributed by atoms with van der Waals surface area (Å²) in [5.41, 5.74) is -1.23. The van der Waals surface area contributed by atoms with Crippen LogP contribution in [0.15, 0.2) is 73.3 Å². The Hall–Kier alpha value is -1.76. The van der Waals surface area contributed by atoms with E-state index in [1.165, 1.54) is 10.4 Å². The Kier molecular flexibility index (Phi) is 6.94. The van der Waals surface area contributed by atoms with Crippen LogP contribution >= 0.6 is 0 Å². The van der Waals surface area contributed by atoms with Gasteiger partial charge in [-0.25, -0.2) is 0 Å². The topological polar surface area (TPSA) is 47.9 Å². The SMILES string of the molecule is C=CC[C@](O)(CO[Si](c1ccccc1)(c1ccccc1)C(C)(C)C)[C@@H]1COC(C)(C)O1. The van der Waals surface area contributed by atoms with Crippen molar-refractivity contribution in [2.75, 3.05) is 13.2 Å². The molecule has 2 atom stereocenters. The van der Waals surface area contributed by atoms with Crippen LogP contribution in [0.2, 0.25) is 5.04 Å². The van der Waals surface area contributed by atoms with Crippen LogP contribution in [0.5, 0.6) is 0 Å². The third kappa shape index (κ3) is 4.86. The lowest BCUT2D eigenvalue weighted by Gasteiger charge is -2.45. The fraction of sp³-hybridized carbons (Fsp3) is 0.462. The first-order valence-corrected chi connectivity index (χ1v) is 12.8. The van der Waals surface area contributed by atoms with Crippen LogP contribution in [-0.4, -0.2) is 44.1 Å². The van der Waals surface area contributed by atoms with E-state index in [0.717, 1.165) is 0 Å². The molecule has 0 bridgehead atoms. The lowest BCUT2D eigenvalue weighted by Crippen LogP contribution is -2.68. The first-order valence-electron chi connectivity index (χ1n) is 10.9. The molecule has 1 aliphatic rings. The normalized spacial score (nSPS) is 20.9. The van der Waals surface area contributed by atoms with Gasteiger partial charge < -0.3 is 19.0 Å². The summed E-state index contributed by atoms with van der Waals surface area (Å²) in [5, 5.41) is 13.9. The van der Waals surface area contributed by atoms with Crippen LogP contribution in [0.25, 0.3) is 0 Å². The molecule has 1 fully saturated rings. The number of hydrogen-bond acceptors (Lipinski definition) is 4. The second-order valence-electron chi connectivity index (χ2n) is 9.87.